The second-order valence-electron chi connectivity index (χ2n) is 2.27. The lowest BCUT2D eigenvalue weighted by molar-refractivity contribution is 0.112. The number of hydrogen-bond donors (Lipinski definition) is 0. The largest absolute Gasteiger partial charge is 0.306 e. The third-order valence-electron chi connectivity index (χ3n) is 1.55. The number of carbonyl (C=O) groups is 1. The van der Waals surface area contributed by atoms with E-state index in [9.17, 15) is 4.79 Å². The molecule has 0 aliphatic rings. The van der Waals surface area contributed by atoms with Crippen molar-refractivity contribution in [1.29, 1.82) is 0 Å². The van der Waals surface area contributed by atoms with Crippen molar-refractivity contribution >= 4 is 11.9 Å². The molecule has 2 aromatic heterocycles. The van der Waals surface area contributed by atoms with Gasteiger partial charge in [-0.15, -0.1) is 0 Å². The minimum Gasteiger partial charge on any atom is -0.306 e. The van der Waals surface area contributed by atoms with Gasteiger partial charge in [-0.05, 0) is 12.1 Å². The van der Waals surface area contributed by atoms with Gasteiger partial charge in [0, 0.05) is 24.2 Å². The third kappa shape index (κ3) is 1.93. The molecule has 0 amide bonds. The van der Waals surface area contributed by atoms with Crippen molar-refractivity contribution in [1.82, 2.24) is 9.38 Å². The second kappa shape index (κ2) is 4.40. The molecule has 0 aliphatic heterocycles. The number of hydrogen-bond acceptors (Lipinski definition) is 2. The Morgan fingerprint density at radius 1 is 1.38 bits per heavy atom. The minimum atomic E-state index is 0.663. The van der Waals surface area contributed by atoms with Gasteiger partial charge in [0.25, 0.3) is 0 Å². The Kier molecular flexibility index (Phi) is 3.20. The highest BCUT2D eigenvalue weighted by molar-refractivity contribution is 5.74. The molecule has 0 saturated heterocycles. The van der Waals surface area contributed by atoms with Crippen LogP contribution >= 0.6 is 0 Å². The SMILES string of the molecule is CC.O=Cc1ccc2nccn2c1. The lowest BCUT2D eigenvalue weighted by Gasteiger charge is -1.92. The zero-order chi connectivity index (χ0) is 9.68. The van der Waals surface area contributed by atoms with Crippen LogP contribution in [0.15, 0.2) is 30.7 Å². The summed E-state index contributed by atoms with van der Waals surface area (Å²) in [6.07, 6.45) is 6.07. The maximum absolute atomic E-state index is 10.3. The number of aromatic nitrogens is 2. The molecule has 0 bridgehead atoms. The first kappa shape index (κ1) is 9.45. The molecule has 0 radical (unpaired) electrons. The fraction of sp³-hybridized carbons (Fsp3) is 0.200. The van der Waals surface area contributed by atoms with E-state index in [2.05, 4.69) is 4.98 Å². The van der Waals surface area contributed by atoms with Crippen LogP contribution in [0, 0.1) is 0 Å². The highest BCUT2D eigenvalue weighted by Gasteiger charge is 1.93. The molecule has 68 valence electrons. The van der Waals surface area contributed by atoms with E-state index in [-0.39, 0.29) is 0 Å². The third-order valence-corrected chi connectivity index (χ3v) is 1.55. The number of pyridine rings is 1. The molecular formula is C10H12N2O. The number of nitrogens with zero attached hydrogens (tertiary/aromatic N) is 2. The van der Waals surface area contributed by atoms with Crippen LogP contribution in [0.1, 0.15) is 24.2 Å². The predicted molar refractivity (Wildman–Crippen MR) is 51.9 cm³/mol. The molecule has 3 heteroatoms. The maximum atomic E-state index is 10.3. The molecule has 0 atom stereocenters. The van der Waals surface area contributed by atoms with Gasteiger partial charge in [-0.25, -0.2) is 4.98 Å². The number of rotatable bonds is 1. The minimum absolute atomic E-state index is 0.663. The molecule has 0 N–H and O–H groups in total. The average molecular weight is 176 g/mol. The normalized spacial score (nSPS) is 9.08. The lowest BCUT2D eigenvalue weighted by Crippen LogP contribution is -1.86. The second-order valence-corrected chi connectivity index (χ2v) is 2.27. The first-order valence-corrected chi connectivity index (χ1v) is 4.28. The van der Waals surface area contributed by atoms with Crippen LogP contribution in [0.5, 0.6) is 0 Å². The van der Waals surface area contributed by atoms with Crippen molar-refractivity contribution in [3.05, 3.63) is 36.3 Å². The first-order valence-electron chi connectivity index (χ1n) is 4.28. The Balaban J connectivity index is 0.000000396. The van der Waals surface area contributed by atoms with Gasteiger partial charge in [0.15, 0.2) is 6.29 Å². The van der Waals surface area contributed by atoms with Gasteiger partial charge in [0.05, 0.1) is 0 Å². The summed E-state index contributed by atoms with van der Waals surface area (Å²) in [6, 6.07) is 3.55. The standard InChI is InChI=1S/C8H6N2O.C2H6/c11-6-7-1-2-8-9-3-4-10(8)5-7;1-2/h1-6H;1-2H3. The monoisotopic (exact) mass is 176 g/mol. The van der Waals surface area contributed by atoms with Gasteiger partial charge in [0.1, 0.15) is 5.65 Å². The zero-order valence-corrected chi connectivity index (χ0v) is 7.77. The smallest absolute Gasteiger partial charge is 0.151 e. The van der Waals surface area contributed by atoms with Crippen LogP contribution in [-0.4, -0.2) is 15.7 Å². The van der Waals surface area contributed by atoms with Gasteiger partial charge in [-0.2, -0.15) is 0 Å². The Labute approximate surface area is 77.0 Å². The molecule has 0 aromatic carbocycles. The van der Waals surface area contributed by atoms with Crippen LogP contribution in [-0.2, 0) is 0 Å². The molecule has 0 unspecified atom stereocenters. The topological polar surface area (TPSA) is 34.4 Å². The molecule has 0 spiro atoms. The van der Waals surface area contributed by atoms with E-state index in [1.54, 1.807) is 18.5 Å². The molecule has 0 aliphatic carbocycles. The summed E-state index contributed by atoms with van der Waals surface area (Å²) in [6.45, 7) is 4.00. The number of carbonyl (C=O) groups excluding carboxylic acids is 1. The number of aldehydes is 1. The van der Waals surface area contributed by atoms with E-state index in [4.69, 9.17) is 0 Å². The van der Waals surface area contributed by atoms with Crippen molar-refractivity contribution in [3.63, 3.8) is 0 Å². The van der Waals surface area contributed by atoms with Gasteiger partial charge in [-0.3, -0.25) is 4.79 Å². The van der Waals surface area contributed by atoms with Crippen LogP contribution in [0.4, 0.5) is 0 Å². The van der Waals surface area contributed by atoms with E-state index < -0.39 is 0 Å². The summed E-state index contributed by atoms with van der Waals surface area (Å²) in [5.74, 6) is 0. The Bertz CT molecular complexity index is 392. The predicted octanol–water partition coefficient (Wildman–Crippen LogP) is 2.17. The van der Waals surface area contributed by atoms with E-state index in [1.807, 2.05) is 30.5 Å². The zero-order valence-electron chi connectivity index (χ0n) is 7.77. The van der Waals surface area contributed by atoms with Crippen molar-refractivity contribution in [3.8, 4) is 0 Å². The van der Waals surface area contributed by atoms with E-state index in [1.165, 1.54) is 0 Å². The maximum Gasteiger partial charge on any atom is 0.151 e. The van der Waals surface area contributed by atoms with Crippen LogP contribution in [0.2, 0.25) is 0 Å². The van der Waals surface area contributed by atoms with Crippen molar-refractivity contribution in [2.24, 2.45) is 0 Å². The molecule has 13 heavy (non-hydrogen) atoms. The summed E-state index contributed by atoms with van der Waals surface area (Å²) < 4.78 is 1.81. The first-order chi connectivity index (χ1) is 6.40. The van der Waals surface area contributed by atoms with Crippen molar-refractivity contribution in [2.45, 2.75) is 13.8 Å². The molecule has 2 rings (SSSR count). The fourth-order valence-electron chi connectivity index (χ4n) is 1.01. The number of imidazole rings is 1. The summed E-state index contributed by atoms with van der Waals surface area (Å²) >= 11 is 0. The van der Waals surface area contributed by atoms with Gasteiger partial charge < -0.3 is 4.40 Å². The van der Waals surface area contributed by atoms with Gasteiger partial charge >= 0.3 is 0 Å². The molecular weight excluding hydrogens is 164 g/mol. The summed E-state index contributed by atoms with van der Waals surface area (Å²) in [4.78, 5) is 14.4. The van der Waals surface area contributed by atoms with Crippen LogP contribution in [0.25, 0.3) is 5.65 Å². The van der Waals surface area contributed by atoms with Crippen molar-refractivity contribution in [2.75, 3.05) is 0 Å². The Morgan fingerprint density at radius 3 is 2.85 bits per heavy atom. The summed E-state index contributed by atoms with van der Waals surface area (Å²) in [5, 5.41) is 0. The van der Waals surface area contributed by atoms with Crippen LogP contribution < -0.4 is 0 Å². The van der Waals surface area contributed by atoms with Crippen molar-refractivity contribution < 1.29 is 4.79 Å². The molecule has 0 fully saturated rings. The van der Waals surface area contributed by atoms with E-state index in [0.29, 0.717) is 5.56 Å². The summed E-state index contributed by atoms with van der Waals surface area (Å²) in [7, 11) is 0. The fourth-order valence-corrected chi connectivity index (χ4v) is 1.01. The van der Waals surface area contributed by atoms with E-state index >= 15 is 0 Å². The lowest BCUT2D eigenvalue weighted by atomic mass is 10.3. The Hall–Kier alpha value is -1.64. The Morgan fingerprint density at radius 2 is 2.15 bits per heavy atom. The average Bonchev–Trinajstić information content (AvgIpc) is 2.67. The van der Waals surface area contributed by atoms with E-state index in [0.717, 1.165) is 11.9 Å². The van der Waals surface area contributed by atoms with Crippen LogP contribution in [0.3, 0.4) is 0 Å². The molecule has 2 aromatic rings. The molecule has 0 saturated carbocycles. The van der Waals surface area contributed by atoms with Gasteiger partial charge in [0.2, 0.25) is 0 Å². The quantitative estimate of drug-likeness (QED) is 0.624. The number of fused-ring (bicyclic) bond motifs is 1. The van der Waals surface area contributed by atoms with Gasteiger partial charge in [-0.1, -0.05) is 13.8 Å². The summed E-state index contributed by atoms with van der Waals surface area (Å²) in [5.41, 5.74) is 1.52. The molecule has 2 heterocycles. The highest BCUT2D eigenvalue weighted by Crippen LogP contribution is 2.01. The highest BCUT2D eigenvalue weighted by atomic mass is 16.1. The molecule has 3 nitrogen and oxygen atoms in total.